The Morgan fingerprint density at radius 3 is 2.41 bits per heavy atom. The summed E-state index contributed by atoms with van der Waals surface area (Å²) in [6.07, 6.45) is 1.67. The van der Waals surface area contributed by atoms with E-state index in [9.17, 15) is 13.2 Å². The molecule has 0 unspecified atom stereocenters. The third-order valence-electron chi connectivity index (χ3n) is 4.80. The number of benzene rings is 3. The van der Waals surface area contributed by atoms with Gasteiger partial charge < -0.3 is 5.32 Å². The first-order valence-corrected chi connectivity index (χ1v) is 11.9. The second kappa shape index (κ2) is 10.0. The van der Waals surface area contributed by atoms with Gasteiger partial charge in [0.25, 0.3) is 15.9 Å². The van der Waals surface area contributed by atoms with Crippen molar-refractivity contribution < 1.29 is 13.2 Å². The molecule has 0 saturated carbocycles. The van der Waals surface area contributed by atoms with Gasteiger partial charge in [-0.15, -0.1) is 0 Å². The van der Waals surface area contributed by atoms with Gasteiger partial charge in [0.05, 0.1) is 4.90 Å². The zero-order valence-corrected chi connectivity index (χ0v) is 19.1. The molecule has 1 heterocycles. The summed E-state index contributed by atoms with van der Waals surface area (Å²) in [6.45, 7) is 1.88. The van der Waals surface area contributed by atoms with E-state index in [1.54, 1.807) is 48.7 Å². The van der Waals surface area contributed by atoms with E-state index in [-0.39, 0.29) is 10.5 Å². The van der Waals surface area contributed by atoms with Crippen molar-refractivity contribution in [1.82, 2.24) is 4.98 Å². The fraction of sp³-hybridized carbons (Fsp3) is 0.0370. The number of nitrogens with one attached hydrogen (secondary N) is 2. The number of hydrogen-bond donors (Lipinski definition) is 2. The van der Waals surface area contributed by atoms with Crippen LogP contribution in [-0.2, 0) is 10.0 Å². The standard InChI is InChI=1S/C27H21N3O3S/c1-20-7-4-12-25(17-20)30-34(32,33)26-13-6-9-22(19-26)27(31)29-24-11-5-8-21(18-24)14-15-23-10-2-3-16-28-23/h2-13,16-19,30H,1H3,(H,29,31). The SMILES string of the molecule is Cc1cccc(NS(=O)(=O)c2cccc(C(=O)Nc3cccc(C#Cc4ccccn4)c3)c2)c1. The number of aryl methyl sites for hydroxylation is 1. The summed E-state index contributed by atoms with van der Waals surface area (Å²) in [5.74, 6) is 5.56. The number of nitrogens with zero attached hydrogens (tertiary/aromatic N) is 1. The second-order valence-electron chi connectivity index (χ2n) is 7.50. The third kappa shape index (κ3) is 5.88. The Morgan fingerprint density at radius 2 is 1.62 bits per heavy atom. The topological polar surface area (TPSA) is 88.2 Å². The first-order chi connectivity index (χ1) is 16.4. The monoisotopic (exact) mass is 467 g/mol. The first-order valence-electron chi connectivity index (χ1n) is 10.4. The molecule has 3 aromatic carbocycles. The number of amides is 1. The van der Waals surface area contributed by atoms with Gasteiger partial charge in [-0.2, -0.15) is 0 Å². The number of aromatic nitrogens is 1. The Hall–Kier alpha value is -4.41. The fourth-order valence-electron chi connectivity index (χ4n) is 3.18. The zero-order chi connectivity index (χ0) is 24.0. The Balaban J connectivity index is 1.50. The molecule has 7 heteroatoms. The minimum Gasteiger partial charge on any atom is -0.322 e. The van der Waals surface area contributed by atoms with Gasteiger partial charge in [0.2, 0.25) is 0 Å². The van der Waals surface area contributed by atoms with E-state index in [1.807, 2.05) is 37.3 Å². The number of carbonyl (C=O) groups is 1. The maximum atomic E-state index is 12.8. The summed E-state index contributed by atoms with van der Waals surface area (Å²) in [7, 11) is -3.85. The molecular weight excluding hydrogens is 446 g/mol. The van der Waals surface area contributed by atoms with E-state index < -0.39 is 15.9 Å². The highest BCUT2D eigenvalue weighted by atomic mass is 32.2. The molecule has 0 aliphatic carbocycles. The molecule has 0 aliphatic rings. The van der Waals surface area contributed by atoms with Gasteiger partial charge in [0, 0.05) is 28.7 Å². The molecule has 168 valence electrons. The lowest BCUT2D eigenvalue weighted by Crippen LogP contribution is -2.16. The summed E-state index contributed by atoms with van der Waals surface area (Å²) in [5, 5.41) is 2.80. The molecule has 0 fully saturated rings. The molecule has 0 radical (unpaired) electrons. The summed E-state index contributed by atoms with van der Waals surface area (Å²) >= 11 is 0. The van der Waals surface area contributed by atoms with Crippen LogP contribution < -0.4 is 10.0 Å². The lowest BCUT2D eigenvalue weighted by Gasteiger charge is -2.10. The molecule has 1 aromatic heterocycles. The average molecular weight is 468 g/mol. The number of rotatable bonds is 5. The highest BCUT2D eigenvalue weighted by molar-refractivity contribution is 7.92. The van der Waals surface area contributed by atoms with Crippen molar-refractivity contribution in [2.24, 2.45) is 0 Å². The van der Waals surface area contributed by atoms with E-state index in [0.717, 1.165) is 5.56 Å². The molecule has 1 amide bonds. The minimum atomic E-state index is -3.85. The molecule has 0 aliphatic heterocycles. The molecule has 0 bridgehead atoms. The van der Waals surface area contributed by atoms with Crippen LogP contribution in [0.25, 0.3) is 0 Å². The van der Waals surface area contributed by atoms with Gasteiger partial charge in [-0.05, 0) is 79.1 Å². The maximum absolute atomic E-state index is 12.8. The van der Waals surface area contributed by atoms with Crippen LogP contribution in [-0.4, -0.2) is 19.3 Å². The Labute approximate surface area is 198 Å². The van der Waals surface area contributed by atoms with Crippen LogP contribution in [0.2, 0.25) is 0 Å². The van der Waals surface area contributed by atoms with Gasteiger partial charge in [-0.3, -0.25) is 9.52 Å². The van der Waals surface area contributed by atoms with Gasteiger partial charge >= 0.3 is 0 Å². The van der Waals surface area contributed by atoms with Crippen LogP contribution >= 0.6 is 0 Å². The van der Waals surface area contributed by atoms with E-state index in [2.05, 4.69) is 26.9 Å². The van der Waals surface area contributed by atoms with Gasteiger partial charge in [0.1, 0.15) is 5.69 Å². The van der Waals surface area contributed by atoms with E-state index >= 15 is 0 Å². The second-order valence-corrected chi connectivity index (χ2v) is 9.19. The van der Waals surface area contributed by atoms with Crippen molar-refractivity contribution in [2.75, 3.05) is 10.0 Å². The van der Waals surface area contributed by atoms with Crippen LogP contribution in [0.5, 0.6) is 0 Å². The molecule has 34 heavy (non-hydrogen) atoms. The number of carbonyl (C=O) groups excluding carboxylic acids is 1. The molecule has 6 nitrogen and oxygen atoms in total. The Morgan fingerprint density at radius 1 is 0.824 bits per heavy atom. The van der Waals surface area contributed by atoms with Crippen LogP contribution in [0.15, 0.2) is 102 Å². The van der Waals surface area contributed by atoms with Crippen molar-refractivity contribution in [1.29, 1.82) is 0 Å². The van der Waals surface area contributed by atoms with E-state index in [0.29, 0.717) is 22.6 Å². The van der Waals surface area contributed by atoms with Crippen LogP contribution in [0.3, 0.4) is 0 Å². The Kier molecular flexibility index (Phi) is 6.72. The lowest BCUT2D eigenvalue weighted by atomic mass is 10.1. The third-order valence-corrected chi connectivity index (χ3v) is 6.18. The Bertz CT molecular complexity index is 1500. The molecule has 4 rings (SSSR count). The molecule has 4 aromatic rings. The zero-order valence-electron chi connectivity index (χ0n) is 18.3. The highest BCUT2D eigenvalue weighted by Crippen LogP contribution is 2.19. The minimum absolute atomic E-state index is 0.00312. The van der Waals surface area contributed by atoms with Crippen LogP contribution in [0, 0.1) is 18.8 Å². The maximum Gasteiger partial charge on any atom is 0.261 e. The van der Waals surface area contributed by atoms with Crippen LogP contribution in [0.4, 0.5) is 11.4 Å². The summed E-state index contributed by atoms with van der Waals surface area (Å²) in [4.78, 5) is 17.0. The van der Waals surface area contributed by atoms with Gasteiger partial charge in [-0.1, -0.05) is 36.3 Å². The normalized spacial score (nSPS) is 10.6. The molecule has 0 spiro atoms. The van der Waals surface area contributed by atoms with E-state index in [1.165, 1.54) is 18.2 Å². The fourth-order valence-corrected chi connectivity index (χ4v) is 4.27. The molecule has 0 saturated heterocycles. The van der Waals surface area contributed by atoms with Crippen molar-refractivity contribution in [3.8, 4) is 11.8 Å². The lowest BCUT2D eigenvalue weighted by molar-refractivity contribution is 0.102. The van der Waals surface area contributed by atoms with Crippen molar-refractivity contribution >= 4 is 27.3 Å². The highest BCUT2D eigenvalue weighted by Gasteiger charge is 2.17. The number of sulfonamides is 1. The molecular formula is C27H21N3O3S. The number of hydrogen-bond acceptors (Lipinski definition) is 4. The average Bonchev–Trinajstić information content (AvgIpc) is 2.83. The van der Waals surface area contributed by atoms with Crippen molar-refractivity contribution in [3.63, 3.8) is 0 Å². The van der Waals surface area contributed by atoms with Crippen molar-refractivity contribution in [2.45, 2.75) is 11.8 Å². The van der Waals surface area contributed by atoms with E-state index in [4.69, 9.17) is 0 Å². The quantitative estimate of drug-likeness (QED) is 0.411. The smallest absolute Gasteiger partial charge is 0.261 e. The predicted molar refractivity (Wildman–Crippen MR) is 133 cm³/mol. The molecule has 0 atom stereocenters. The first kappa shape index (κ1) is 22.8. The van der Waals surface area contributed by atoms with Crippen LogP contribution in [0.1, 0.15) is 27.2 Å². The number of pyridine rings is 1. The molecule has 2 N–H and O–H groups in total. The summed E-state index contributed by atoms with van der Waals surface area (Å²) in [6, 6.07) is 25.5. The largest absolute Gasteiger partial charge is 0.322 e. The summed E-state index contributed by atoms with van der Waals surface area (Å²) in [5.41, 5.74) is 3.51. The number of anilines is 2. The summed E-state index contributed by atoms with van der Waals surface area (Å²) < 4.78 is 28.2. The predicted octanol–water partition coefficient (Wildman–Crippen LogP) is 4.84. The van der Waals surface area contributed by atoms with Crippen molar-refractivity contribution in [3.05, 3.63) is 120 Å². The van der Waals surface area contributed by atoms with Gasteiger partial charge in [0.15, 0.2) is 0 Å². The van der Waals surface area contributed by atoms with Gasteiger partial charge in [-0.25, -0.2) is 13.4 Å².